The summed E-state index contributed by atoms with van der Waals surface area (Å²) in [4.78, 5) is 23.2. The maximum Gasteiger partial charge on any atom is 0.326 e. The lowest BCUT2D eigenvalue weighted by Gasteiger charge is -2.14. The Labute approximate surface area is 141 Å². The van der Waals surface area contributed by atoms with Gasteiger partial charge < -0.3 is 15.2 Å². The molecule has 0 aliphatic rings. The molecule has 0 saturated carbocycles. The highest BCUT2D eigenvalue weighted by molar-refractivity contribution is 5.84. The molecule has 1 atom stereocenters. The van der Waals surface area contributed by atoms with Crippen molar-refractivity contribution in [1.82, 2.24) is 5.32 Å². The minimum absolute atomic E-state index is 0.163. The largest absolute Gasteiger partial charge is 0.480 e. The van der Waals surface area contributed by atoms with E-state index in [4.69, 9.17) is 4.74 Å². The Morgan fingerprint density at radius 2 is 1.54 bits per heavy atom. The Bertz CT molecular complexity index is 643. The summed E-state index contributed by atoms with van der Waals surface area (Å²) in [5.74, 6) is -1.46. The molecule has 0 aromatic heterocycles. The lowest BCUT2D eigenvalue weighted by atomic mass is 10.1. The van der Waals surface area contributed by atoms with E-state index in [2.05, 4.69) is 5.32 Å². The first-order chi connectivity index (χ1) is 11.6. The molecular weight excluding hydrogens is 306 g/mol. The fourth-order valence-corrected chi connectivity index (χ4v) is 2.28. The molecule has 0 unspecified atom stereocenters. The van der Waals surface area contributed by atoms with E-state index >= 15 is 0 Å². The molecule has 24 heavy (non-hydrogen) atoms. The van der Waals surface area contributed by atoms with Gasteiger partial charge in [0.25, 0.3) is 0 Å². The minimum Gasteiger partial charge on any atom is -0.480 e. The van der Waals surface area contributed by atoms with E-state index in [1.165, 1.54) is 0 Å². The van der Waals surface area contributed by atoms with Crippen molar-refractivity contribution in [3.8, 4) is 0 Å². The first-order valence-electron chi connectivity index (χ1n) is 7.83. The molecule has 2 aromatic rings. The van der Waals surface area contributed by atoms with Crippen LogP contribution in [0, 0.1) is 0 Å². The van der Waals surface area contributed by atoms with Crippen LogP contribution in [0.4, 0.5) is 0 Å². The quantitative estimate of drug-likeness (QED) is 0.741. The van der Waals surface area contributed by atoms with Crippen LogP contribution in [0.2, 0.25) is 0 Å². The molecule has 0 fully saturated rings. The number of carbonyl (C=O) groups excluding carboxylic acids is 1. The smallest absolute Gasteiger partial charge is 0.326 e. The number of carbonyl (C=O) groups is 2. The van der Waals surface area contributed by atoms with E-state index in [1.54, 1.807) is 0 Å². The van der Waals surface area contributed by atoms with Gasteiger partial charge in [-0.15, -0.1) is 0 Å². The highest BCUT2D eigenvalue weighted by atomic mass is 16.5. The van der Waals surface area contributed by atoms with E-state index in [0.29, 0.717) is 19.4 Å². The van der Waals surface area contributed by atoms with Gasteiger partial charge in [0.15, 0.2) is 0 Å². The lowest BCUT2D eigenvalue weighted by Crippen LogP contribution is -2.42. The molecule has 0 bridgehead atoms. The Kier molecular flexibility index (Phi) is 6.98. The number of amides is 1. The molecule has 0 aliphatic heterocycles. The summed E-state index contributed by atoms with van der Waals surface area (Å²) in [5, 5.41) is 11.8. The summed E-state index contributed by atoms with van der Waals surface area (Å²) in [6, 6.07) is 18.2. The highest BCUT2D eigenvalue weighted by Gasteiger charge is 2.19. The molecule has 0 radical (unpaired) electrons. The summed E-state index contributed by atoms with van der Waals surface area (Å²) in [6.07, 6.45) is 0.923. The van der Waals surface area contributed by atoms with Gasteiger partial charge in [-0.3, -0.25) is 4.79 Å². The molecule has 5 heteroatoms. The van der Waals surface area contributed by atoms with Crippen molar-refractivity contribution in [2.24, 2.45) is 0 Å². The van der Waals surface area contributed by atoms with E-state index in [0.717, 1.165) is 11.1 Å². The summed E-state index contributed by atoms with van der Waals surface area (Å²) >= 11 is 0. The Morgan fingerprint density at radius 1 is 0.958 bits per heavy atom. The van der Waals surface area contributed by atoms with Crippen LogP contribution in [0.25, 0.3) is 0 Å². The highest BCUT2D eigenvalue weighted by Crippen LogP contribution is 2.06. The van der Waals surface area contributed by atoms with Crippen molar-refractivity contribution < 1.29 is 19.4 Å². The SMILES string of the molecule is O=C(COCc1ccccc1)N[C@H](CCc1ccccc1)C(=O)O. The van der Waals surface area contributed by atoms with Crippen LogP contribution in [-0.2, 0) is 27.4 Å². The van der Waals surface area contributed by atoms with Crippen LogP contribution in [0.5, 0.6) is 0 Å². The number of ether oxygens (including phenoxy) is 1. The van der Waals surface area contributed by atoms with Crippen LogP contribution < -0.4 is 5.32 Å². The van der Waals surface area contributed by atoms with Crippen molar-refractivity contribution >= 4 is 11.9 Å². The second-order valence-electron chi connectivity index (χ2n) is 5.46. The predicted octanol–water partition coefficient (Wildman–Crippen LogP) is 2.41. The number of aryl methyl sites for hydroxylation is 1. The average molecular weight is 327 g/mol. The van der Waals surface area contributed by atoms with Crippen LogP contribution in [0.15, 0.2) is 60.7 Å². The van der Waals surface area contributed by atoms with Gasteiger partial charge in [-0.1, -0.05) is 60.7 Å². The fourth-order valence-electron chi connectivity index (χ4n) is 2.28. The van der Waals surface area contributed by atoms with Crippen LogP contribution >= 0.6 is 0 Å². The number of benzene rings is 2. The Balaban J connectivity index is 1.75. The van der Waals surface area contributed by atoms with E-state index in [-0.39, 0.29) is 6.61 Å². The maximum atomic E-state index is 11.9. The van der Waals surface area contributed by atoms with Crippen molar-refractivity contribution in [2.45, 2.75) is 25.5 Å². The van der Waals surface area contributed by atoms with Gasteiger partial charge in [0.2, 0.25) is 5.91 Å². The standard InChI is InChI=1S/C19H21NO4/c21-18(14-24-13-16-9-5-2-6-10-16)20-17(19(22)23)12-11-15-7-3-1-4-8-15/h1-10,17H,11-14H2,(H,20,21)(H,22,23)/t17-/m1/s1. The van der Waals surface area contributed by atoms with Gasteiger partial charge in [0, 0.05) is 0 Å². The molecule has 2 rings (SSSR count). The summed E-state index contributed by atoms with van der Waals surface area (Å²) in [5.41, 5.74) is 2.00. The Morgan fingerprint density at radius 3 is 2.12 bits per heavy atom. The zero-order chi connectivity index (χ0) is 17.2. The Hall–Kier alpha value is -2.66. The zero-order valence-electron chi connectivity index (χ0n) is 13.4. The maximum absolute atomic E-state index is 11.9. The van der Waals surface area contributed by atoms with Gasteiger partial charge in [0.05, 0.1) is 6.61 Å². The third-order valence-electron chi connectivity index (χ3n) is 3.54. The second kappa shape index (κ2) is 9.47. The zero-order valence-corrected chi connectivity index (χ0v) is 13.4. The van der Waals surface area contributed by atoms with Crippen molar-refractivity contribution in [2.75, 3.05) is 6.61 Å². The second-order valence-corrected chi connectivity index (χ2v) is 5.46. The summed E-state index contributed by atoms with van der Waals surface area (Å²) < 4.78 is 5.32. The number of rotatable bonds is 9. The lowest BCUT2D eigenvalue weighted by molar-refractivity contribution is -0.142. The van der Waals surface area contributed by atoms with Crippen LogP contribution in [-0.4, -0.2) is 29.6 Å². The molecule has 0 spiro atoms. The monoisotopic (exact) mass is 327 g/mol. The fraction of sp³-hybridized carbons (Fsp3) is 0.263. The van der Waals surface area contributed by atoms with E-state index in [1.807, 2.05) is 60.7 Å². The molecule has 0 aliphatic carbocycles. The van der Waals surface area contributed by atoms with Crippen LogP contribution in [0.1, 0.15) is 17.5 Å². The normalized spacial score (nSPS) is 11.7. The van der Waals surface area contributed by atoms with Gasteiger partial charge >= 0.3 is 5.97 Å². The topological polar surface area (TPSA) is 75.6 Å². The van der Waals surface area contributed by atoms with Crippen molar-refractivity contribution in [3.63, 3.8) is 0 Å². The van der Waals surface area contributed by atoms with Crippen LogP contribution in [0.3, 0.4) is 0 Å². The number of aliphatic carboxylic acids is 1. The number of carboxylic acid groups (broad SMARTS) is 1. The van der Waals surface area contributed by atoms with E-state index in [9.17, 15) is 14.7 Å². The molecular formula is C19H21NO4. The molecule has 2 N–H and O–H groups in total. The first kappa shape index (κ1) is 17.7. The summed E-state index contributed by atoms with van der Waals surface area (Å²) in [6.45, 7) is 0.153. The molecule has 5 nitrogen and oxygen atoms in total. The number of hydrogen-bond donors (Lipinski definition) is 2. The first-order valence-corrected chi connectivity index (χ1v) is 7.83. The molecule has 126 valence electrons. The number of carboxylic acids is 1. The molecule has 0 heterocycles. The summed E-state index contributed by atoms with van der Waals surface area (Å²) in [7, 11) is 0. The predicted molar refractivity (Wildman–Crippen MR) is 90.4 cm³/mol. The van der Waals surface area contributed by atoms with Crippen molar-refractivity contribution in [1.29, 1.82) is 0 Å². The molecule has 0 saturated heterocycles. The van der Waals surface area contributed by atoms with Gasteiger partial charge in [0.1, 0.15) is 12.6 Å². The molecule has 2 aromatic carbocycles. The van der Waals surface area contributed by atoms with Gasteiger partial charge in [-0.05, 0) is 24.0 Å². The minimum atomic E-state index is -1.04. The van der Waals surface area contributed by atoms with Gasteiger partial charge in [-0.25, -0.2) is 4.79 Å². The number of hydrogen-bond acceptors (Lipinski definition) is 3. The average Bonchev–Trinajstić information content (AvgIpc) is 2.60. The third kappa shape index (κ3) is 6.22. The molecule has 1 amide bonds. The van der Waals surface area contributed by atoms with Gasteiger partial charge in [-0.2, -0.15) is 0 Å². The number of nitrogens with one attached hydrogen (secondary N) is 1. The third-order valence-corrected chi connectivity index (χ3v) is 3.54. The van der Waals surface area contributed by atoms with Crippen molar-refractivity contribution in [3.05, 3.63) is 71.8 Å². The van der Waals surface area contributed by atoms with E-state index < -0.39 is 17.9 Å².